The molecule has 2 aromatic heterocycles. The fourth-order valence-electron chi connectivity index (χ4n) is 2.25. The van der Waals surface area contributed by atoms with E-state index in [-0.39, 0.29) is 5.69 Å². The van der Waals surface area contributed by atoms with Gasteiger partial charge in [-0.2, -0.15) is 0 Å². The monoisotopic (exact) mass is 339 g/mol. The van der Waals surface area contributed by atoms with E-state index in [1.807, 2.05) is 60.0 Å². The number of esters is 1. The summed E-state index contributed by atoms with van der Waals surface area (Å²) in [5.74, 6) is -0.456. The van der Waals surface area contributed by atoms with Crippen molar-refractivity contribution in [2.75, 3.05) is 6.61 Å². The van der Waals surface area contributed by atoms with Crippen LogP contribution in [0.4, 0.5) is 0 Å². The number of aromatic nitrogens is 3. The highest BCUT2D eigenvalue weighted by molar-refractivity contribution is 7.10. The highest BCUT2D eigenvalue weighted by Gasteiger charge is 2.19. The SMILES string of the molecule is CCOC(=O)c1nnn(Cc2ccccc2)c1/C=C/c1cccs1. The largest absolute Gasteiger partial charge is 0.461 e. The zero-order valence-electron chi connectivity index (χ0n) is 13.3. The summed E-state index contributed by atoms with van der Waals surface area (Å²) in [7, 11) is 0. The van der Waals surface area contributed by atoms with Gasteiger partial charge in [0.1, 0.15) is 0 Å². The lowest BCUT2D eigenvalue weighted by Crippen LogP contribution is -2.09. The minimum absolute atomic E-state index is 0.237. The van der Waals surface area contributed by atoms with Crippen LogP contribution in [-0.4, -0.2) is 27.6 Å². The molecule has 6 heteroatoms. The molecule has 1 aromatic carbocycles. The van der Waals surface area contributed by atoms with Crippen LogP contribution in [0.2, 0.25) is 0 Å². The summed E-state index contributed by atoms with van der Waals surface area (Å²) in [5.41, 5.74) is 1.97. The lowest BCUT2D eigenvalue weighted by molar-refractivity contribution is 0.0519. The Morgan fingerprint density at radius 1 is 1.21 bits per heavy atom. The molecule has 3 rings (SSSR count). The number of carbonyl (C=O) groups is 1. The Morgan fingerprint density at radius 3 is 2.75 bits per heavy atom. The summed E-state index contributed by atoms with van der Waals surface area (Å²) in [6.07, 6.45) is 3.81. The highest BCUT2D eigenvalue weighted by atomic mass is 32.1. The number of thiophene rings is 1. The Kier molecular flexibility index (Phi) is 5.18. The second-order valence-corrected chi connectivity index (χ2v) is 6.02. The maximum atomic E-state index is 12.1. The average molecular weight is 339 g/mol. The van der Waals surface area contributed by atoms with Gasteiger partial charge in [0.05, 0.1) is 18.8 Å². The van der Waals surface area contributed by atoms with Crippen LogP contribution in [0.3, 0.4) is 0 Å². The minimum Gasteiger partial charge on any atom is -0.461 e. The summed E-state index contributed by atoms with van der Waals surface area (Å²) >= 11 is 1.63. The topological polar surface area (TPSA) is 57.0 Å². The van der Waals surface area contributed by atoms with Crippen molar-refractivity contribution in [2.45, 2.75) is 13.5 Å². The van der Waals surface area contributed by atoms with Gasteiger partial charge in [-0.25, -0.2) is 9.48 Å². The predicted molar refractivity (Wildman–Crippen MR) is 94.8 cm³/mol. The van der Waals surface area contributed by atoms with Gasteiger partial charge in [0.15, 0.2) is 5.69 Å². The van der Waals surface area contributed by atoms with Crippen LogP contribution in [0.15, 0.2) is 47.8 Å². The zero-order valence-corrected chi connectivity index (χ0v) is 14.1. The van der Waals surface area contributed by atoms with Gasteiger partial charge in [-0.15, -0.1) is 16.4 Å². The van der Waals surface area contributed by atoms with Crippen LogP contribution in [0.25, 0.3) is 12.2 Å². The van der Waals surface area contributed by atoms with E-state index in [9.17, 15) is 4.79 Å². The molecule has 0 atom stereocenters. The number of rotatable bonds is 6. The van der Waals surface area contributed by atoms with Crippen molar-refractivity contribution in [3.05, 3.63) is 69.7 Å². The van der Waals surface area contributed by atoms with E-state index < -0.39 is 5.97 Å². The van der Waals surface area contributed by atoms with E-state index in [4.69, 9.17) is 4.74 Å². The van der Waals surface area contributed by atoms with Crippen molar-refractivity contribution < 1.29 is 9.53 Å². The van der Waals surface area contributed by atoms with Crippen molar-refractivity contribution >= 4 is 29.5 Å². The summed E-state index contributed by atoms with van der Waals surface area (Å²) in [4.78, 5) is 13.2. The van der Waals surface area contributed by atoms with Crippen LogP contribution in [0, 0.1) is 0 Å². The Balaban J connectivity index is 1.94. The first-order valence-corrected chi connectivity index (χ1v) is 8.52. The molecule has 0 fully saturated rings. The van der Waals surface area contributed by atoms with E-state index >= 15 is 0 Å². The molecule has 0 amide bonds. The molecule has 0 N–H and O–H groups in total. The predicted octanol–water partition coefficient (Wildman–Crippen LogP) is 3.74. The normalized spacial score (nSPS) is 11.0. The fourth-order valence-corrected chi connectivity index (χ4v) is 2.87. The van der Waals surface area contributed by atoms with Gasteiger partial charge in [-0.1, -0.05) is 41.6 Å². The van der Waals surface area contributed by atoms with E-state index in [0.29, 0.717) is 18.8 Å². The Labute approximate surface area is 144 Å². The van der Waals surface area contributed by atoms with E-state index in [1.165, 1.54) is 0 Å². The van der Waals surface area contributed by atoms with Gasteiger partial charge in [0, 0.05) is 4.88 Å². The van der Waals surface area contributed by atoms with E-state index in [1.54, 1.807) is 22.9 Å². The van der Waals surface area contributed by atoms with Gasteiger partial charge in [-0.3, -0.25) is 0 Å². The van der Waals surface area contributed by atoms with Crippen LogP contribution >= 0.6 is 11.3 Å². The molecular weight excluding hydrogens is 322 g/mol. The second-order valence-electron chi connectivity index (χ2n) is 5.04. The molecule has 2 heterocycles. The third-order valence-electron chi connectivity index (χ3n) is 3.37. The Morgan fingerprint density at radius 2 is 2.04 bits per heavy atom. The van der Waals surface area contributed by atoms with Crippen LogP contribution < -0.4 is 0 Å². The highest BCUT2D eigenvalue weighted by Crippen LogP contribution is 2.17. The van der Waals surface area contributed by atoms with E-state index in [2.05, 4.69) is 10.3 Å². The molecule has 0 saturated heterocycles. The van der Waals surface area contributed by atoms with Crippen LogP contribution in [-0.2, 0) is 11.3 Å². The maximum absolute atomic E-state index is 12.1. The maximum Gasteiger partial charge on any atom is 0.361 e. The van der Waals surface area contributed by atoms with Gasteiger partial charge in [-0.05, 0) is 36.1 Å². The summed E-state index contributed by atoms with van der Waals surface area (Å²) in [5, 5.41) is 10.2. The van der Waals surface area contributed by atoms with Crippen molar-refractivity contribution in [3.63, 3.8) is 0 Å². The van der Waals surface area contributed by atoms with Gasteiger partial charge >= 0.3 is 5.97 Å². The zero-order chi connectivity index (χ0) is 16.8. The number of hydrogen-bond donors (Lipinski definition) is 0. The third-order valence-corrected chi connectivity index (χ3v) is 4.20. The average Bonchev–Trinajstić information content (AvgIpc) is 3.24. The first kappa shape index (κ1) is 16.1. The quantitative estimate of drug-likeness (QED) is 0.642. The first-order valence-electron chi connectivity index (χ1n) is 7.64. The molecule has 5 nitrogen and oxygen atoms in total. The molecule has 122 valence electrons. The van der Waals surface area contributed by atoms with Crippen molar-refractivity contribution in [1.82, 2.24) is 15.0 Å². The van der Waals surface area contributed by atoms with Gasteiger partial charge in [0.2, 0.25) is 0 Å². The van der Waals surface area contributed by atoms with Gasteiger partial charge in [0.25, 0.3) is 0 Å². The summed E-state index contributed by atoms with van der Waals surface area (Å²) in [6.45, 7) is 2.61. The summed E-state index contributed by atoms with van der Waals surface area (Å²) < 4.78 is 6.80. The second kappa shape index (κ2) is 7.70. The molecule has 24 heavy (non-hydrogen) atoms. The van der Waals surface area contributed by atoms with Crippen LogP contribution in [0.1, 0.15) is 33.5 Å². The first-order chi connectivity index (χ1) is 11.8. The molecule has 0 unspecified atom stereocenters. The number of nitrogens with zero attached hydrogens (tertiary/aromatic N) is 3. The third kappa shape index (κ3) is 3.78. The number of carbonyl (C=O) groups excluding carboxylic acids is 1. The molecule has 3 aromatic rings. The van der Waals surface area contributed by atoms with Crippen molar-refractivity contribution in [2.24, 2.45) is 0 Å². The number of benzene rings is 1. The Bertz CT molecular complexity index is 823. The molecular formula is C18H17N3O2S. The molecule has 0 spiro atoms. The molecule has 0 aliphatic rings. The Hall–Kier alpha value is -2.73. The summed E-state index contributed by atoms with van der Waals surface area (Å²) in [6, 6.07) is 13.9. The van der Waals surface area contributed by atoms with Crippen molar-refractivity contribution in [3.8, 4) is 0 Å². The lowest BCUT2D eigenvalue weighted by atomic mass is 10.2. The molecule has 0 aliphatic heterocycles. The number of hydrogen-bond acceptors (Lipinski definition) is 5. The molecule has 0 saturated carbocycles. The minimum atomic E-state index is -0.456. The standard InChI is InChI=1S/C18H17N3O2S/c1-2-23-18(22)17-16(11-10-15-9-6-12-24-15)21(20-19-17)13-14-7-4-3-5-8-14/h3-12H,2,13H2,1H3/b11-10+. The van der Waals surface area contributed by atoms with Crippen LogP contribution in [0.5, 0.6) is 0 Å². The molecule has 0 aliphatic carbocycles. The van der Waals surface area contributed by atoms with Gasteiger partial charge < -0.3 is 4.74 Å². The lowest BCUT2D eigenvalue weighted by Gasteiger charge is -2.05. The number of ether oxygens (including phenoxy) is 1. The molecule has 0 radical (unpaired) electrons. The fraction of sp³-hybridized carbons (Fsp3) is 0.167. The molecule has 0 bridgehead atoms. The smallest absolute Gasteiger partial charge is 0.361 e. The van der Waals surface area contributed by atoms with E-state index in [0.717, 1.165) is 10.4 Å². The van der Waals surface area contributed by atoms with Crippen molar-refractivity contribution in [1.29, 1.82) is 0 Å².